The monoisotopic (exact) mass is 180 g/mol. The number of aromatic nitrogens is 2. The van der Waals surface area contributed by atoms with Crippen molar-refractivity contribution in [3.8, 4) is 0 Å². The summed E-state index contributed by atoms with van der Waals surface area (Å²) in [6.45, 7) is 3.26. The van der Waals surface area contributed by atoms with Gasteiger partial charge in [0.25, 0.3) is 0 Å². The molecule has 0 unspecified atom stereocenters. The summed E-state index contributed by atoms with van der Waals surface area (Å²) in [6, 6.07) is 1.55. The summed E-state index contributed by atoms with van der Waals surface area (Å²) in [5.41, 5.74) is -0.528. The molecule has 68 valence electrons. The van der Waals surface area contributed by atoms with Crippen molar-refractivity contribution in [2.24, 2.45) is 0 Å². The molecular weight excluding hydrogens is 172 g/mol. The van der Waals surface area contributed by atoms with Crippen LogP contribution >= 0.6 is 0 Å². The molecule has 0 aliphatic carbocycles. The summed E-state index contributed by atoms with van der Waals surface area (Å²) in [7, 11) is 0. The molecule has 13 heavy (non-hydrogen) atoms. The molecule has 1 aromatic rings. The van der Waals surface area contributed by atoms with Gasteiger partial charge in [-0.25, -0.2) is 14.6 Å². The topological polar surface area (TPSA) is 72.2 Å². The molecule has 0 bridgehead atoms. The second-order valence-corrected chi connectivity index (χ2v) is 2.44. The average molecular weight is 180 g/mol. The molecule has 1 aromatic heterocycles. The first-order chi connectivity index (χ1) is 6.11. The van der Waals surface area contributed by atoms with E-state index in [0.29, 0.717) is 0 Å². The first-order valence-corrected chi connectivity index (χ1v) is 3.54. The van der Waals surface area contributed by atoms with Crippen LogP contribution < -0.4 is 5.69 Å². The minimum Gasteiger partial charge on any atom is -0.478 e. The van der Waals surface area contributed by atoms with Gasteiger partial charge in [-0.1, -0.05) is 6.58 Å². The molecule has 0 radical (unpaired) electrons. The summed E-state index contributed by atoms with van der Waals surface area (Å²) in [5.74, 6) is -1.12. The van der Waals surface area contributed by atoms with Crippen LogP contribution in [0.3, 0.4) is 0 Å². The molecule has 5 nitrogen and oxygen atoms in total. The van der Waals surface area contributed by atoms with Crippen molar-refractivity contribution >= 4 is 5.97 Å². The number of hydrogen-bond acceptors (Lipinski definition) is 3. The molecule has 1 N–H and O–H groups in total. The number of rotatable bonds is 3. The van der Waals surface area contributed by atoms with E-state index >= 15 is 0 Å². The molecule has 0 saturated carbocycles. The first-order valence-electron chi connectivity index (χ1n) is 3.54. The fourth-order valence-corrected chi connectivity index (χ4v) is 0.781. The van der Waals surface area contributed by atoms with E-state index in [1.54, 1.807) is 6.07 Å². The lowest BCUT2D eigenvalue weighted by atomic mass is 10.3. The Kier molecular flexibility index (Phi) is 2.59. The van der Waals surface area contributed by atoms with Crippen LogP contribution in [0.5, 0.6) is 0 Å². The lowest BCUT2D eigenvalue weighted by Gasteiger charge is -2.02. The maximum absolute atomic E-state index is 11.0. The molecular formula is C8H8N2O3. The van der Waals surface area contributed by atoms with Crippen molar-refractivity contribution in [2.75, 3.05) is 0 Å². The van der Waals surface area contributed by atoms with E-state index in [9.17, 15) is 9.59 Å². The number of carbonyl (C=O) groups is 1. The molecule has 0 aliphatic rings. The molecule has 0 fully saturated rings. The van der Waals surface area contributed by atoms with E-state index in [-0.39, 0.29) is 12.1 Å². The molecule has 1 rings (SSSR count). The highest BCUT2D eigenvalue weighted by molar-refractivity contribution is 5.85. The van der Waals surface area contributed by atoms with Crippen molar-refractivity contribution in [2.45, 2.75) is 6.54 Å². The van der Waals surface area contributed by atoms with E-state index in [0.717, 1.165) is 0 Å². The highest BCUT2D eigenvalue weighted by Crippen LogP contribution is 1.93. The summed E-state index contributed by atoms with van der Waals surface area (Å²) in [6.07, 6.45) is 2.81. The largest absolute Gasteiger partial charge is 0.478 e. The quantitative estimate of drug-likeness (QED) is 0.658. The van der Waals surface area contributed by atoms with Crippen LogP contribution in [-0.4, -0.2) is 20.6 Å². The standard InChI is InChI=1S/C8H8N2O3/c1-6(7(11)12)5-10-4-2-3-9-8(10)13/h2-4H,1,5H2,(H,11,12). The Labute approximate surface area is 74.0 Å². The van der Waals surface area contributed by atoms with Gasteiger partial charge in [0.1, 0.15) is 0 Å². The van der Waals surface area contributed by atoms with E-state index in [4.69, 9.17) is 5.11 Å². The molecule has 0 aliphatic heterocycles. The van der Waals surface area contributed by atoms with Crippen LogP contribution in [-0.2, 0) is 11.3 Å². The van der Waals surface area contributed by atoms with Gasteiger partial charge in [-0.15, -0.1) is 0 Å². The Hall–Kier alpha value is -1.91. The van der Waals surface area contributed by atoms with Crippen LogP contribution in [0.15, 0.2) is 35.4 Å². The van der Waals surface area contributed by atoms with E-state index in [2.05, 4.69) is 11.6 Å². The normalized spacial score (nSPS) is 9.54. The van der Waals surface area contributed by atoms with Gasteiger partial charge in [-0.05, 0) is 6.07 Å². The third-order valence-electron chi connectivity index (χ3n) is 1.45. The SMILES string of the molecule is C=C(Cn1cccnc1=O)C(=O)O. The zero-order chi connectivity index (χ0) is 9.84. The summed E-state index contributed by atoms with van der Waals surface area (Å²) < 4.78 is 1.18. The zero-order valence-electron chi connectivity index (χ0n) is 6.80. The third kappa shape index (κ3) is 2.26. The van der Waals surface area contributed by atoms with E-state index < -0.39 is 11.7 Å². The van der Waals surface area contributed by atoms with Gasteiger partial charge in [0.2, 0.25) is 0 Å². The molecule has 0 aromatic carbocycles. The van der Waals surface area contributed by atoms with Crippen molar-refractivity contribution in [1.82, 2.24) is 9.55 Å². The van der Waals surface area contributed by atoms with Crippen LogP contribution in [0, 0.1) is 0 Å². The maximum Gasteiger partial charge on any atom is 0.347 e. The fraction of sp³-hybridized carbons (Fsp3) is 0.125. The number of hydrogen-bond donors (Lipinski definition) is 1. The Balaban J connectivity index is 2.87. The van der Waals surface area contributed by atoms with Crippen molar-refractivity contribution in [1.29, 1.82) is 0 Å². The first kappa shape index (κ1) is 9.18. The van der Waals surface area contributed by atoms with Crippen LogP contribution in [0.2, 0.25) is 0 Å². The molecule has 0 saturated heterocycles. The Morgan fingerprint density at radius 1 is 1.69 bits per heavy atom. The van der Waals surface area contributed by atoms with E-state index in [1.807, 2.05) is 0 Å². The van der Waals surface area contributed by atoms with E-state index in [1.165, 1.54) is 17.0 Å². The predicted octanol–water partition coefficient (Wildman–Crippen LogP) is -0.116. The number of carboxylic acids is 1. The molecule has 1 heterocycles. The smallest absolute Gasteiger partial charge is 0.347 e. The maximum atomic E-state index is 11.0. The lowest BCUT2D eigenvalue weighted by molar-refractivity contribution is -0.132. The summed E-state index contributed by atoms with van der Waals surface area (Å²) >= 11 is 0. The van der Waals surface area contributed by atoms with Crippen molar-refractivity contribution in [3.63, 3.8) is 0 Å². The van der Waals surface area contributed by atoms with Gasteiger partial charge in [0, 0.05) is 18.0 Å². The molecule has 5 heteroatoms. The average Bonchev–Trinajstić information content (AvgIpc) is 2.08. The molecule has 0 amide bonds. The second kappa shape index (κ2) is 3.66. The predicted molar refractivity (Wildman–Crippen MR) is 45.3 cm³/mol. The fourth-order valence-electron chi connectivity index (χ4n) is 0.781. The van der Waals surface area contributed by atoms with Crippen LogP contribution in [0.4, 0.5) is 0 Å². The Bertz CT molecular complexity index is 394. The molecule has 0 spiro atoms. The summed E-state index contributed by atoms with van der Waals surface area (Å²) in [4.78, 5) is 24.8. The van der Waals surface area contributed by atoms with Gasteiger partial charge in [0.05, 0.1) is 6.54 Å². The van der Waals surface area contributed by atoms with Crippen LogP contribution in [0.1, 0.15) is 0 Å². The highest BCUT2D eigenvalue weighted by atomic mass is 16.4. The molecule has 0 atom stereocenters. The lowest BCUT2D eigenvalue weighted by Crippen LogP contribution is -2.23. The zero-order valence-corrected chi connectivity index (χ0v) is 6.80. The Morgan fingerprint density at radius 3 is 2.92 bits per heavy atom. The van der Waals surface area contributed by atoms with Gasteiger partial charge in [-0.3, -0.25) is 4.57 Å². The third-order valence-corrected chi connectivity index (χ3v) is 1.45. The number of nitrogens with zero attached hydrogens (tertiary/aromatic N) is 2. The van der Waals surface area contributed by atoms with Gasteiger partial charge in [-0.2, -0.15) is 0 Å². The second-order valence-electron chi connectivity index (χ2n) is 2.44. The summed E-state index contributed by atoms with van der Waals surface area (Å²) in [5, 5.41) is 8.50. The van der Waals surface area contributed by atoms with Gasteiger partial charge in [0.15, 0.2) is 0 Å². The van der Waals surface area contributed by atoms with Crippen molar-refractivity contribution in [3.05, 3.63) is 41.1 Å². The van der Waals surface area contributed by atoms with Gasteiger partial charge >= 0.3 is 11.7 Å². The Morgan fingerprint density at radius 2 is 2.38 bits per heavy atom. The number of aliphatic carboxylic acids is 1. The number of carboxylic acid groups (broad SMARTS) is 1. The van der Waals surface area contributed by atoms with Crippen molar-refractivity contribution < 1.29 is 9.90 Å². The van der Waals surface area contributed by atoms with Gasteiger partial charge < -0.3 is 5.11 Å². The minimum atomic E-state index is -1.12. The minimum absolute atomic E-state index is 0.0397. The van der Waals surface area contributed by atoms with Crippen LogP contribution in [0.25, 0.3) is 0 Å². The highest BCUT2D eigenvalue weighted by Gasteiger charge is 2.05.